The van der Waals surface area contributed by atoms with Gasteiger partial charge in [-0.1, -0.05) is 12.1 Å². The van der Waals surface area contributed by atoms with Gasteiger partial charge in [0.15, 0.2) is 11.5 Å². The molecule has 1 rings (SSSR count). The van der Waals surface area contributed by atoms with E-state index in [1.54, 1.807) is 24.3 Å². The number of rotatable bonds is 9. The van der Waals surface area contributed by atoms with Crippen LogP contribution in [0.4, 0.5) is 0 Å². The standard InChI is InChI=1S/C16H20Cl2O5/c1-11(2)22-12-6-3-4-7-13(12)23-16(20)9-5-8-15(19)21-10-14(17)18/h3-4,6-7,11,14H,5,8-10H2,1-2H3. The van der Waals surface area contributed by atoms with E-state index in [4.69, 9.17) is 37.4 Å². The van der Waals surface area contributed by atoms with Crippen molar-refractivity contribution < 1.29 is 23.8 Å². The molecule has 0 atom stereocenters. The fraction of sp³-hybridized carbons (Fsp3) is 0.500. The van der Waals surface area contributed by atoms with E-state index >= 15 is 0 Å². The van der Waals surface area contributed by atoms with Gasteiger partial charge in [-0.2, -0.15) is 0 Å². The molecule has 0 N–H and O–H groups in total. The molecule has 0 aliphatic heterocycles. The van der Waals surface area contributed by atoms with E-state index in [2.05, 4.69) is 0 Å². The van der Waals surface area contributed by atoms with Crippen LogP contribution in [0.1, 0.15) is 33.1 Å². The van der Waals surface area contributed by atoms with Crippen molar-refractivity contribution in [2.24, 2.45) is 0 Å². The molecule has 7 heteroatoms. The van der Waals surface area contributed by atoms with Crippen LogP contribution in [0.25, 0.3) is 0 Å². The molecule has 0 aromatic heterocycles. The second kappa shape index (κ2) is 10.3. The molecule has 0 aliphatic carbocycles. The van der Waals surface area contributed by atoms with Crippen molar-refractivity contribution in [3.8, 4) is 11.5 Å². The van der Waals surface area contributed by atoms with Crippen LogP contribution in [0.3, 0.4) is 0 Å². The third-order valence-corrected chi connectivity index (χ3v) is 2.82. The fourth-order valence-corrected chi connectivity index (χ4v) is 1.79. The Morgan fingerprint density at radius 1 is 1.04 bits per heavy atom. The Labute approximate surface area is 145 Å². The maximum Gasteiger partial charge on any atom is 0.311 e. The molecule has 0 bridgehead atoms. The van der Waals surface area contributed by atoms with Gasteiger partial charge in [0, 0.05) is 12.8 Å². The second-order valence-electron chi connectivity index (χ2n) is 5.02. The zero-order chi connectivity index (χ0) is 17.2. The Kier molecular flexibility index (Phi) is 8.81. The highest BCUT2D eigenvalue weighted by atomic mass is 35.5. The molecule has 0 unspecified atom stereocenters. The minimum absolute atomic E-state index is 0.0303. The van der Waals surface area contributed by atoms with Crippen molar-refractivity contribution in [1.82, 2.24) is 0 Å². The highest BCUT2D eigenvalue weighted by molar-refractivity contribution is 6.44. The topological polar surface area (TPSA) is 61.8 Å². The Morgan fingerprint density at radius 3 is 2.26 bits per heavy atom. The van der Waals surface area contributed by atoms with E-state index in [0.717, 1.165) is 0 Å². The first-order chi connectivity index (χ1) is 10.9. The molecular weight excluding hydrogens is 343 g/mol. The maximum atomic E-state index is 11.8. The van der Waals surface area contributed by atoms with Crippen LogP contribution in [0, 0.1) is 0 Å². The molecule has 128 valence electrons. The minimum atomic E-state index is -0.749. The molecule has 0 fully saturated rings. The van der Waals surface area contributed by atoms with E-state index < -0.39 is 16.8 Å². The van der Waals surface area contributed by atoms with Crippen LogP contribution in [0.2, 0.25) is 0 Å². The van der Waals surface area contributed by atoms with Gasteiger partial charge >= 0.3 is 11.9 Å². The number of esters is 2. The third-order valence-electron chi connectivity index (χ3n) is 2.57. The summed E-state index contributed by atoms with van der Waals surface area (Å²) in [5.41, 5.74) is 0. The van der Waals surface area contributed by atoms with Crippen LogP contribution >= 0.6 is 23.2 Å². The van der Waals surface area contributed by atoms with Crippen molar-refractivity contribution in [2.45, 2.75) is 44.1 Å². The molecule has 0 aliphatic rings. The van der Waals surface area contributed by atoms with Gasteiger partial charge in [-0.3, -0.25) is 9.59 Å². The van der Waals surface area contributed by atoms with Crippen molar-refractivity contribution in [1.29, 1.82) is 0 Å². The summed E-state index contributed by atoms with van der Waals surface area (Å²) in [7, 11) is 0. The van der Waals surface area contributed by atoms with E-state index in [1.807, 2.05) is 13.8 Å². The van der Waals surface area contributed by atoms with Crippen molar-refractivity contribution in [3.05, 3.63) is 24.3 Å². The van der Waals surface area contributed by atoms with Gasteiger partial charge in [-0.25, -0.2) is 0 Å². The zero-order valence-corrected chi connectivity index (χ0v) is 14.6. The maximum absolute atomic E-state index is 11.8. The normalized spacial score (nSPS) is 10.7. The molecule has 0 heterocycles. The summed E-state index contributed by atoms with van der Waals surface area (Å²) < 4.78 is 15.6. The van der Waals surface area contributed by atoms with E-state index in [1.165, 1.54) is 0 Å². The Bertz CT molecular complexity index is 517. The number of hydrogen-bond acceptors (Lipinski definition) is 5. The number of carbonyl (C=O) groups excluding carboxylic acids is 2. The molecular formula is C16H20Cl2O5. The van der Waals surface area contributed by atoms with Crippen LogP contribution in [0.5, 0.6) is 11.5 Å². The van der Waals surface area contributed by atoms with Gasteiger partial charge in [-0.15, -0.1) is 23.2 Å². The second-order valence-corrected chi connectivity index (χ2v) is 6.29. The highest BCUT2D eigenvalue weighted by Crippen LogP contribution is 2.27. The van der Waals surface area contributed by atoms with Crippen molar-refractivity contribution >= 4 is 35.1 Å². The summed E-state index contributed by atoms with van der Waals surface area (Å²) in [6, 6.07) is 6.94. The van der Waals surface area contributed by atoms with Crippen LogP contribution in [-0.2, 0) is 14.3 Å². The van der Waals surface area contributed by atoms with E-state index in [9.17, 15) is 9.59 Å². The summed E-state index contributed by atoms with van der Waals surface area (Å²) in [5.74, 6) is -0.0239. The zero-order valence-electron chi connectivity index (χ0n) is 13.1. The Balaban J connectivity index is 2.38. The summed E-state index contributed by atoms with van der Waals surface area (Å²) >= 11 is 10.9. The van der Waals surface area contributed by atoms with Gasteiger partial charge < -0.3 is 14.2 Å². The summed E-state index contributed by atoms with van der Waals surface area (Å²) in [5, 5.41) is 0. The lowest BCUT2D eigenvalue weighted by atomic mass is 10.2. The molecule has 23 heavy (non-hydrogen) atoms. The fourth-order valence-electron chi connectivity index (χ4n) is 1.66. The summed E-state index contributed by atoms with van der Waals surface area (Å²) in [6.45, 7) is 3.71. The number of ether oxygens (including phenoxy) is 3. The molecule has 5 nitrogen and oxygen atoms in total. The van der Waals surface area contributed by atoms with E-state index in [0.29, 0.717) is 17.9 Å². The lowest BCUT2D eigenvalue weighted by Gasteiger charge is -2.13. The van der Waals surface area contributed by atoms with Gasteiger partial charge in [0.25, 0.3) is 0 Å². The quantitative estimate of drug-likeness (QED) is 0.378. The van der Waals surface area contributed by atoms with Crippen LogP contribution in [-0.4, -0.2) is 29.5 Å². The first kappa shape index (κ1) is 19.6. The van der Waals surface area contributed by atoms with Crippen LogP contribution in [0.15, 0.2) is 24.3 Å². The van der Waals surface area contributed by atoms with E-state index in [-0.39, 0.29) is 25.6 Å². The monoisotopic (exact) mass is 362 g/mol. The number of alkyl halides is 2. The van der Waals surface area contributed by atoms with Gasteiger partial charge in [-0.05, 0) is 32.4 Å². The third kappa shape index (κ3) is 8.67. The average molecular weight is 363 g/mol. The first-order valence-corrected chi connectivity index (χ1v) is 8.16. The number of hydrogen-bond donors (Lipinski definition) is 0. The number of carbonyl (C=O) groups is 2. The van der Waals surface area contributed by atoms with Crippen LogP contribution < -0.4 is 9.47 Å². The summed E-state index contributed by atoms with van der Waals surface area (Å²) in [4.78, 5) is 22.4. The number of para-hydroxylation sites is 2. The molecule has 0 amide bonds. The molecule has 1 aromatic carbocycles. The van der Waals surface area contributed by atoms with Gasteiger partial charge in [0.1, 0.15) is 11.4 Å². The Morgan fingerprint density at radius 2 is 1.65 bits per heavy atom. The predicted octanol–water partition coefficient (Wildman–Crippen LogP) is 3.90. The van der Waals surface area contributed by atoms with Gasteiger partial charge in [0.05, 0.1) is 6.10 Å². The van der Waals surface area contributed by atoms with Crippen molar-refractivity contribution in [2.75, 3.05) is 6.61 Å². The average Bonchev–Trinajstić information content (AvgIpc) is 2.46. The molecule has 0 saturated carbocycles. The predicted molar refractivity (Wildman–Crippen MR) is 88.1 cm³/mol. The Hall–Kier alpha value is -1.46. The number of halogens is 2. The SMILES string of the molecule is CC(C)Oc1ccccc1OC(=O)CCCC(=O)OCC(Cl)Cl. The molecule has 1 aromatic rings. The smallest absolute Gasteiger partial charge is 0.311 e. The highest BCUT2D eigenvalue weighted by Gasteiger charge is 2.12. The minimum Gasteiger partial charge on any atom is -0.487 e. The molecule has 0 saturated heterocycles. The van der Waals surface area contributed by atoms with Crippen molar-refractivity contribution in [3.63, 3.8) is 0 Å². The lowest BCUT2D eigenvalue weighted by Crippen LogP contribution is -2.13. The lowest BCUT2D eigenvalue weighted by molar-refractivity contribution is -0.143. The molecule has 0 radical (unpaired) electrons. The van der Waals surface area contributed by atoms with Gasteiger partial charge in [0.2, 0.25) is 0 Å². The molecule has 0 spiro atoms. The number of benzene rings is 1. The first-order valence-electron chi connectivity index (χ1n) is 7.28. The summed E-state index contributed by atoms with van der Waals surface area (Å²) in [6.07, 6.45) is 0.480. The largest absolute Gasteiger partial charge is 0.487 e.